The standard InChI is InChI=1S/C26H26N4O4S/c1-30(2)17-10-12-18(13-11-17)35-26-19-8-6-14-27-21(19)23(31)22(29-26)25(32)28-15-16-7-5-9-20(33-3)24(16)34-4/h5-14,31H,15H2,1-4H3,(H,28,32). The Morgan fingerprint density at radius 2 is 1.83 bits per heavy atom. The molecule has 0 aliphatic carbocycles. The molecule has 8 nitrogen and oxygen atoms in total. The van der Waals surface area contributed by atoms with Gasteiger partial charge in [0.15, 0.2) is 22.9 Å². The second kappa shape index (κ2) is 10.5. The summed E-state index contributed by atoms with van der Waals surface area (Å²) in [6.07, 6.45) is 1.57. The van der Waals surface area contributed by atoms with Crippen molar-refractivity contribution in [2.24, 2.45) is 0 Å². The predicted octanol–water partition coefficient (Wildman–Crippen LogP) is 4.50. The molecule has 0 unspecified atom stereocenters. The van der Waals surface area contributed by atoms with Gasteiger partial charge in [-0.3, -0.25) is 9.78 Å². The summed E-state index contributed by atoms with van der Waals surface area (Å²) in [4.78, 5) is 24.9. The fourth-order valence-corrected chi connectivity index (χ4v) is 4.51. The molecular formula is C26H26N4O4S. The molecule has 0 aliphatic rings. The number of para-hydroxylation sites is 1. The van der Waals surface area contributed by atoms with E-state index in [0.717, 1.165) is 16.1 Å². The number of ether oxygens (including phenoxy) is 2. The Kier molecular flexibility index (Phi) is 7.26. The van der Waals surface area contributed by atoms with Crippen LogP contribution >= 0.6 is 11.8 Å². The molecule has 0 atom stereocenters. The number of aromatic hydroxyl groups is 1. The molecule has 35 heavy (non-hydrogen) atoms. The lowest BCUT2D eigenvalue weighted by atomic mass is 10.1. The average molecular weight is 491 g/mol. The van der Waals surface area contributed by atoms with Crippen LogP contribution in [0.2, 0.25) is 0 Å². The van der Waals surface area contributed by atoms with Crippen molar-refractivity contribution < 1.29 is 19.4 Å². The van der Waals surface area contributed by atoms with Crippen molar-refractivity contribution in [3.05, 3.63) is 72.1 Å². The van der Waals surface area contributed by atoms with Gasteiger partial charge in [0, 0.05) is 48.4 Å². The molecule has 180 valence electrons. The van der Waals surface area contributed by atoms with Crippen LogP contribution in [0.4, 0.5) is 5.69 Å². The van der Waals surface area contributed by atoms with E-state index in [-0.39, 0.29) is 18.0 Å². The summed E-state index contributed by atoms with van der Waals surface area (Å²) in [5.74, 6) is 0.312. The number of anilines is 1. The van der Waals surface area contributed by atoms with Crippen molar-refractivity contribution in [1.29, 1.82) is 0 Å². The van der Waals surface area contributed by atoms with E-state index in [1.54, 1.807) is 32.5 Å². The third kappa shape index (κ3) is 5.09. The highest BCUT2D eigenvalue weighted by Gasteiger charge is 2.21. The van der Waals surface area contributed by atoms with E-state index in [0.29, 0.717) is 27.4 Å². The number of amides is 1. The number of rotatable bonds is 8. The predicted molar refractivity (Wildman–Crippen MR) is 137 cm³/mol. The molecule has 0 bridgehead atoms. The molecule has 9 heteroatoms. The second-order valence-electron chi connectivity index (χ2n) is 7.84. The molecule has 0 spiro atoms. The van der Waals surface area contributed by atoms with Gasteiger partial charge in [-0.05, 0) is 42.5 Å². The van der Waals surface area contributed by atoms with Crippen LogP contribution in [-0.4, -0.2) is 49.3 Å². The number of nitrogens with one attached hydrogen (secondary N) is 1. The van der Waals surface area contributed by atoms with Crippen molar-refractivity contribution in [3.63, 3.8) is 0 Å². The van der Waals surface area contributed by atoms with Crippen LogP contribution in [-0.2, 0) is 6.54 Å². The first-order valence-corrected chi connectivity index (χ1v) is 11.7. The van der Waals surface area contributed by atoms with E-state index < -0.39 is 5.91 Å². The maximum atomic E-state index is 13.1. The van der Waals surface area contributed by atoms with Gasteiger partial charge in [-0.2, -0.15) is 0 Å². The molecule has 0 saturated carbocycles. The zero-order valence-corrected chi connectivity index (χ0v) is 20.7. The third-order valence-electron chi connectivity index (χ3n) is 5.41. The molecule has 4 rings (SSSR count). The lowest BCUT2D eigenvalue weighted by Crippen LogP contribution is -2.24. The van der Waals surface area contributed by atoms with Crippen molar-refractivity contribution in [3.8, 4) is 17.2 Å². The summed E-state index contributed by atoms with van der Waals surface area (Å²) in [6, 6.07) is 17.0. The summed E-state index contributed by atoms with van der Waals surface area (Å²) in [5.41, 5.74) is 2.03. The monoisotopic (exact) mass is 490 g/mol. The molecular weight excluding hydrogens is 464 g/mol. The van der Waals surface area contributed by atoms with Gasteiger partial charge in [-0.15, -0.1) is 0 Å². The molecule has 2 aromatic heterocycles. The molecule has 2 N–H and O–H groups in total. The Morgan fingerprint density at radius 3 is 2.51 bits per heavy atom. The fourth-order valence-electron chi connectivity index (χ4n) is 3.61. The fraction of sp³-hybridized carbons (Fsp3) is 0.192. The first-order chi connectivity index (χ1) is 16.9. The number of hydrogen-bond acceptors (Lipinski definition) is 8. The van der Waals surface area contributed by atoms with Gasteiger partial charge < -0.3 is 24.8 Å². The number of benzene rings is 2. The van der Waals surface area contributed by atoms with Gasteiger partial charge in [-0.1, -0.05) is 23.9 Å². The summed E-state index contributed by atoms with van der Waals surface area (Å²) in [5, 5.41) is 14.9. The number of nitrogens with zero attached hydrogens (tertiary/aromatic N) is 3. The molecule has 0 fully saturated rings. The lowest BCUT2D eigenvalue weighted by molar-refractivity contribution is 0.0942. The van der Waals surface area contributed by atoms with Crippen molar-refractivity contribution in [2.45, 2.75) is 16.5 Å². The van der Waals surface area contributed by atoms with E-state index in [1.807, 2.05) is 61.5 Å². The summed E-state index contributed by atoms with van der Waals surface area (Å²) >= 11 is 1.41. The van der Waals surface area contributed by atoms with Crippen LogP contribution < -0.4 is 19.7 Å². The molecule has 1 amide bonds. The van der Waals surface area contributed by atoms with Gasteiger partial charge in [0.2, 0.25) is 0 Å². The van der Waals surface area contributed by atoms with Crippen molar-refractivity contribution >= 4 is 34.3 Å². The average Bonchev–Trinajstić information content (AvgIpc) is 2.88. The Balaban J connectivity index is 1.65. The number of aromatic nitrogens is 2. The minimum absolute atomic E-state index is 0.0922. The number of hydrogen-bond donors (Lipinski definition) is 2. The minimum atomic E-state index is -0.523. The second-order valence-corrected chi connectivity index (χ2v) is 8.90. The van der Waals surface area contributed by atoms with Gasteiger partial charge in [0.05, 0.1) is 14.2 Å². The third-order valence-corrected chi connectivity index (χ3v) is 6.42. The highest BCUT2D eigenvalue weighted by molar-refractivity contribution is 7.99. The molecule has 4 aromatic rings. The Bertz CT molecular complexity index is 1360. The highest BCUT2D eigenvalue weighted by atomic mass is 32.2. The number of pyridine rings is 2. The van der Waals surface area contributed by atoms with Crippen LogP contribution in [0.1, 0.15) is 16.1 Å². The SMILES string of the molecule is COc1cccc(CNC(=O)c2nc(Sc3ccc(N(C)C)cc3)c3cccnc3c2O)c1OC. The van der Waals surface area contributed by atoms with Gasteiger partial charge in [0.25, 0.3) is 5.91 Å². The number of carbonyl (C=O) groups is 1. The van der Waals surface area contributed by atoms with Crippen LogP contribution in [0.15, 0.2) is 70.7 Å². The van der Waals surface area contributed by atoms with Gasteiger partial charge in [-0.25, -0.2) is 4.98 Å². The number of methoxy groups -OCH3 is 2. The Hall–Kier alpha value is -3.98. The first-order valence-electron chi connectivity index (χ1n) is 10.8. The largest absolute Gasteiger partial charge is 0.504 e. The topological polar surface area (TPSA) is 96.8 Å². The Morgan fingerprint density at radius 1 is 1.06 bits per heavy atom. The van der Waals surface area contributed by atoms with Crippen molar-refractivity contribution in [1.82, 2.24) is 15.3 Å². The molecule has 0 radical (unpaired) electrons. The summed E-state index contributed by atoms with van der Waals surface area (Å²) in [7, 11) is 7.06. The normalized spacial score (nSPS) is 10.7. The Labute approximate surface area is 207 Å². The zero-order chi connectivity index (χ0) is 24.9. The van der Waals surface area contributed by atoms with Crippen LogP contribution in [0.5, 0.6) is 17.2 Å². The van der Waals surface area contributed by atoms with Gasteiger partial charge in [0.1, 0.15) is 10.5 Å². The molecule has 0 aliphatic heterocycles. The molecule has 0 saturated heterocycles. The first kappa shape index (κ1) is 24.2. The van der Waals surface area contributed by atoms with Crippen molar-refractivity contribution in [2.75, 3.05) is 33.2 Å². The molecule has 2 aromatic carbocycles. The number of fused-ring (bicyclic) bond motifs is 1. The number of carbonyl (C=O) groups excluding carboxylic acids is 1. The zero-order valence-electron chi connectivity index (χ0n) is 19.9. The lowest BCUT2D eigenvalue weighted by Gasteiger charge is -2.15. The molecule has 2 heterocycles. The van der Waals surface area contributed by atoms with Gasteiger partial charge >= 0.3 is 0 Å². The summed E-state index contributed by atoms with van der Waals surface area (Å²) < 4.78 is 10.8. The summed E-state index contributed by atoms with van der Waals surface area (Å²) in [6.45, 7) is 0.162. The van der Waals surface area contributed by atoms with E-state index in [9.17, 15) is 9.90 Å². The van der Waals surface area contributed by atoms with Crippen LogP contribution in [0, 0.1) is 0 Å². The van der Waals surface area contributed by atoms with Crippen LogP contribution in [0.3, 0.4) is 0 Å². The van der Waals surface area contributed by atoms with E-state index in [4.69, 9.17) is 9.47 Å². The smallest absolute Gasteiger partial charge is 0.274 e. The van der Waals surface area contributed by atoms with Crippen LogP contribution in [0.25, 0.3) is 10.9 Å². The maximum Gasteiger partial charge on any atom is 0.274 e. The minimum Gasteiger partial charge on any atom is -0.504 e. The maximum absolute atomic E-state index is 13.1. The van der Waals surface area contributed by atoms with E-state index >= 15 is 0 Å². The van der Waals surface area contributed by atoms with E-state index in [2.05, 4.69) is 15.3 Å². The highest BCUT2D eigenvalue weighted by Crippen LogP contribution is 2.37. The quantitative estimate of drug-likeness (QED) is 0.373. The van der Waals surface area contributed by atoms with E-state index in [1.165, 1.54) is 11.8 Å².